The highest BCUT2D eigenvalue weighted by atomic mass is 19.4. The molecule has 2 heterocycles. The Balaban J connectivity index is 1.42. The molecule has 0 spiro atoms. The zero-order chi connectivity index (χ0) is 33.1. The number of piperidine rings is 2. The molecule has 0 N–H and O–H groups in total. The lowest BCUT2D eigenvalue weighted by atomic mass is 9.68. The summed E-state index contributed by atoms with van der Waals surface area (Å²) in [5, 5.41) is 0. The highest BCUT2D eigenvalue weighted by Crippen LogP contribution is 2.41. The van der Waals surface area contributed by atoms with Crippen molar-refractivity contribution in [1.29, 1.82) is 0 Å². The van der Waals surface area contributed by atoms with Gasteiger partial charge in [-0.15, -0.1) is 0 Å². The van der Waals surface area contributed by atoms with Gasteiger partial charge in [0, 0.05) is 31.4 Å². The highest BCUT2D eigenvalue weighted by molar-refractivity contribution is 6.00. The number of ether oxygens (including phenoxy) is 1. The number of rotatable bonds is 6. The lowest BCUT2D eigenvalue weighted by molar-refractivity contribution is -0.142. The summed E-state index contributed by atoms with van der Waals surface area (Å²) in [6, 6.07) is 23.3. The molecule has 7 nitrogen and oxygen atoms in total. The number of alkyl halides is 3. The second-order valence-corrected chi connectivity index (χ2v) is 13.0. The fourth-order valence-electron chi connectivity index (χ4n) is 6.55. The van der Waals surface area contributed by atoms with Crippen molar-refractivity contribution in [2.45, 2.75) is 69.7 Å². The van der Waals surface area contributed by atoms with Crippen molar-refractivity contribution in [3.05, 3.63) is 102 Å². The standard InChI is InChI=1S/C36H40F3N3O4/c1-34(2,3)46-33(45)40-23-19-30(20-24-40)42(29-17-15-28(16-18-29)36(37,38)39)31(43)25-41-22-10-21-35(32(41)44,26-11-6-4-7-12-26)27-13-8-5-9-14-27/h4-9,11-18,30H,10,19-25H2,1-3H3. The number of hydrogen-bond acceptors (Lipinski definition) is 4. The molecular formula is C36H40F3N3O4. The van der Waals surface area contributed by atoms with Crippen LogP contribution in [0.2, 0.25) is 0 Å². The normalized spacial score (nSPS) is 17.5. The largest absolute Gasteiger partial charge is 0.444 e. The van der Waals surface area contributed by atoms with Gasteiger partial charge < -0.3 is 19.4 Å². The Bertz CT molecular complexity index is 1470. The third kappa shape index (κ3) is 7.06. The van der Waals surface area contributed by atoms with E-state index in [0.29, 0.717) is 51.0 Å². The zero-order valence-electron chi connectivity index (χ0n) is 26.4. The Kier molecular flexibility index (Phi) is 9.47. The minimum absolute atomic E-state index is 0.184. The lowest BCUT2D eigenvalue weighted by Crippen LogP contribution is -2.56. The summed E-state index contributed by atoms with van der Waals surface area (Å²) in [6.45, 7) is 6.14. The third-order valence-electron chi connectivity index (χ3n) is 8.71. The van der Waals surface area contributed by atoms with Crippen molar-refractivity contribution in [1.82, 2.24) is 9.80 Å². The molecule has 10 heteroatoms. The average molecular weight is 636 g/mol. The van der Waals surface area contributed by atoms with Crippen LogP contribution in [-0.2, 0) is 25.9 Å². The van der Waals surface area contributed by atoms with Crippen molar-refractivity contribution >= 4 is 23.6 Å². The Labute approximate surface area is 267 Å². The fraction of sp³-hybridized carbons (Fsp3) is 0.417. The first-order valence-corrected chi connectivity index (χ1v) is 15.7. The molecule has 3 aromatic rings. The minimum Gasteiger partial charge on any atom is -0.444 e. The van der Waals surface area contributed by atoms with Gasteiger partial charge in [0.15, 0.2) is 0 Å². The molecule has 2 aliphatic rings. The van der Waals surface area contributed by atoms with E-state index in [9.17, 15) is 27.6 Å². The van der Waals surface area contributed by atoms with E-state index in [-0.39, 0.29) is 18.4 Å². The fourth-order valence-corrected chi connectivity index (χ4v) is 6.55. The van der Waals surface area contributed by atoms with Gasteiger partial charge in [0.25, 0.3) is 0 Å². The van der Waals surface area contributed by atoms with E-state index in [4.69, 9.17) is 4.74 Å². The molecule has 0 aliphatic carbocycles. The molecule has 3 aromatic carbocycles. The highest BCUT2D eigenvalue weighted by Gasteiger charge is 2.47. The smallest absolute Gasteiger partial charge is 0.416 e. The number of hydrogen-bond donors (Lipinski definition) is 0. The molecule has 5 rings (SSSR count). The van der Waals surface area contributed by atoms with Gasteiger partial charge in [0.2, 0.25) is 11.8 Å². The summed E-state index contributed by atoms with van der Waals surface area (Å²) in [5.41, 5.74) is -0.444. The molecule has 0 aromatic heterocycles. The second kappa shape index (κ2) is 13.2. The van der Waals surface area contributed by atoms with Crippen LogP contribution in [0.4, 0.5) is 23.7 Å². The summed E-state index contributed by atoms with van der Waals surface area (Å²) in [7, 11) is 0. The van der Waals surface area contributed by atoms with E-state index in [1.807, 2.05) is 60.7 Å². The second-order valence-electron chi connectivity index (χ2n) is 13.0. The Morgan fingerprint density at radius 3 is 1.89 bits per heavy atom. The molecule has 0 atom stereocenters. The SMILES string of the molecule is CC(C)(C)OC(=O)N1CCC(N(C(=O)CN2CCCC(c3ccccc3)(c3ccccc3)C2=O)c2ccc(C(F)(F)F)cc2)CC1. The van der Waals surface area contributed by atoms with Crippen molar-refractivity contribution in [2.75, 3.05) is 31.1 Å². The third-order valence-corrected chi connectivity index (χ3v) is 8.71. The van der Waals surface area contributed by atoms with Gasteiger partial charge in [-0.1, -0.05) is 60.7 Å². The van der Waals surface area contributed by atoms with Gasteiger partial charge in [0.1, 0.15) is 12.1 Å². The monoisotopic (exact) mass is 635 g/mol. The predicted molar refractivity (Wildman–Crippen MR) is 169 cm³/mol. The number of nitrogens with zero attached hydrogens (tertiary/aromatic N) is 3. The van der Waals surface area contributed by atoms with Gasteiger partial charge in [-0.2, -0.15) is 13.2 Å². The van der Waals surface area contributed by atoms with Gasteiger partial charge in [-0.25, -0.2) is 4.79 Å². The van der Waals surface area contributed by atoms with Gasteiger partial charge >= 0.3 is 12.3 Å². The van der Waals surface area contributed by atoms with E-state index in [1.165, 1.54) is 17.0 Å². The van der Waals surface area contributed by atoms with E-state index in [0.717, 1.165) is 23.3 Å². The van der Waals surface area contributed by atoms with Crippen LogP contribution in [0.15, 0.2) is 84.9 Å². The molecule has 0 saturated carbocycles. The van der Waals surface area contributed by atoms with Crippen molar-refractivity contribution < 1.29 is 32.3 Å². The van der Waals surface area contributed by atoms with E-state index >= 15 is 0 Å². The Morgan fingerprint density at radius 1 is 0.848 bits per heavy atom. The van der Waals surface area contributed by atoms with Gasteiger partial charge in [-0.05, 0) is 81.8 Å². The summed E-state index contributed by atoms with van der Waals surface area (Å²) in [5.74, 6) is -0.572. The van der Waals surface area contributed by atoms with Crippen LogP contribution in [0.3, 0.4) is 0 Å². The van der Waals surface area contributed by atoms with Crippen LogP contribution in [-0.4, -0.2) is 65.5 Å². The average Bonchev–Trinajstić information content (AvgIpc) is 3.02. The van der Waals surface area contributed by atoms with Crippen LogP contribution < -0.4 is 4.90 Å². The molecule has 2 fully saturated rings. The van der Waals surface area contributed by atoms with Gasteiger partial charge in [-0.3, -0.25) is 9.59 Å². The summed E-state index contributed by atoms with van der Waals surface area (Å²) < 4.78 is 45.7. The van der Waals surface area contributed by atoms with Crippen molar-refractivity contribution in [3.8, 4) is 0 Å². The topological polar surface area (TPSA) is 70.2 Å². The van der Waals surface area contributed by atoms with E-state index < -0.39 is 34.9 Å². The molecule has 0 unspecified atom stereocenters. The van der Waals surface area contributed by atoms with E-state index in [1.54, 1.807) is 30.6 Å². The maximum Gasteiger partial charge on any atom is 0.416 e. The number of likely N-dealkylation sites (tertiary alicyclic amines) is 2. The van der Waals surface area contributed by atoms with Crippen molar-refractivity contribution in [2.24, 2.45) is 0 Å². The molecule has 0 radical (unpaired) electrons. The molecule has 46 heavy (non-hydrogen) atoms. The lowest BCUT2D eigenvalue weighted by Gasteiger charge is -2.44. The van der Waals surface area contributed by atoms with Crippen LogP contribution in [0, 0.1) is 0 Å². The molecule has 2 saturated heterocycles. The predicted octanol–water partition coefficient (Wildman–Crippen LogP) is 7.05. The molecule has 0 bridgehead atoms. The molecular weight excluding hydrogens is 595 g/mol. The Morgan fingerprint density at radius 2 is 1.39 bits per heavy atom. The van der Waals surface area contributed by atoms with E-state index in [2.05, 4.69) is 0 Å². The number of halogens is 3. The first-order chi connectivity index (χ1) is 21.8. The quantitative estimate of drug-likeness (QED) is 0.291. The maximum absolute atomic E-state index is 14.5. The van der Waals surface area contributed by atoms with Crippen LogP contribution in [0.25, 0.3) is 0 Å². The zero-order valence-corrected chi connectivity index (χ0v) is 26.4. The molecule has 2 aliphatic heterocycles. The Hall–Kier alpha value is -4.34. The van der Waals surface area contributed by atoms with Crippen LogP contribution >= 0.6 is 0 Å². The maximum atomic E-state index is 14.5. The number of amides is 3. The summed E-state index contributed by atoms with van der Waals surface area (Å²) >= 11 is 0. The van der Waals surface area contributed by atoms with Gasteiger partial charge in [0.05, 0.1) is 11.0 Å². The summed E-state index contributed by atoms with van der Waals surface area (Å²) in [6.07, 6.45) is -2.93. The van der Waals surface area contributed by atoms with Crippen LogP contribution in [0.5, 0.6) is 0 Å². The van der Waals surface area contributed by atoms with Crippen molar-refractivity contribution in [3.63, 3.8) is 0 Å². The van der Waals surface area contributed by atoms with Crippen LogP contribution in [0.1, 0.15) is 63.1 Å². The first kappa shape index (κ1) is 33.0. The number of carbonyl (C=O) groups is 3. The number of carbonyl (C=O) groups excluding carboxylic acids is 3. The molecule has 244 valence electrons. The number of anilines is 1. The number of benzene rings is 3. The minimum atomic E-state index is -4.52. The first-order valence-electron chi connectivity index (χ1n) is 15.7. The molecule has 3 amide bonds. The summed E-state index contributed by atoms with van der Waals surface area (Å²) in [4.78, 5) is 46.1.